The van der Waals surface area contributed by atoms with Crippen molar-refractivity contribution in [3.8, 4) is 5.75 Å². The molecule has 0 aliphatic rings. The first-order valence-electron chi connectivity index (χ1n) is 5.45. The number of carbonyl (C=O) groups excluding carboxylic acids is 1. The Labute approximate surface area is 111 Å². The molecule has 0 spiro atoms. The van der Waals surface area contributed by atoms with Crippen LogP contribution in [0, 0.1) is 0 Å². The Bertz CT molecular complexity index is 512. The lowest BCUT2D eigenvalue weighted by Gasteiger charge is -2.07. The first kappa shape index (κ1) is 15.4. The molecule has 1 aromatic rings. The van der Waals surface area contributed by atoms with Crippen molar-refractivity contribution in [2.75, 3.05) is 26.9 Å². The van der Waals surface area contributed by atoms with E-state index in [1.54, 1.807) is 0 Å². The van der Waals surface area contributed by atoms with Crippen LogP contribution in [-0.2, 0) is 19.6 Å². The predicted molar refractivity (Wildman–Crippen MR) is 68.2 cm³/mol. The first-order chi connectivity index (χ1) is 8.93. The molecule has 0 fully saturated rings. The summed E-state index contributed by atoms with van der Waals surface area (Å²) in [6.45, 7) is 0.677. The highest BCUT2D eigenvalue weighted by Gasteiger charge is 2.07. The first-order valence-corrected chi connectivity index (χ1v) is 6.99. The van der Waals surface area contributed by atoms with Crippen molar-refractivity contribution < 1.29 is 22.7 Å². The molecule has 1 rings (SSSR count). The maximum Gasteiger partial charge on any atom is 0.258 e. The van der Waals surface area contributed by atoms with Crippen molar-refractivity contribution in [2.24, 2.45) is 5.14 Å². The molecule has 3 N–H and O–H groups in total. The molecule has 0 atom stereocenters. The fraction of sp³-hybridized carbons (Fsp3) is 0.364. The highest BCUT2D eigenvalue weighted by atomic mass is 32.2. The molecule has 19 heavy (non-hydrogen) atoms. The van der Waals surface area contributed by atoms with Crippen LogP contribution in [0.1, 0.15) is 0 Å². The molecular formula is C11H16N2O5S. The van der Waals surface area contributed by atoms with E-state index in [1.165, 1.54) is 31.4 Å². The lowest BCUT2D eigenvalue weighted by molar-refractivity contribution is -0.123. The van der Waals surface area contributed by atoms with Crippen LogP contribution in [0.5, 0.6) is 5.75 Å². The van der Waals surface area contributed by atoms with Gasteiger partial charge in [0.15, 0.2) is 6.61 Å². The lowest BCUT2D eigenvalue weighted by atomic mass is 10.3. The number of ether oxygens (including phenoxy) is 2. The summed E-state index contributed by atoms with van der Waals surface area (Å²) >= 11 is 0. The lowest BCUT2D eigenvalue weighted by Crippen LogP contribution is -2.31. The van der Waals surface area contributed by atoms with Gasteiger partial charge < -0.3 is 14.8 Å². The number of nitrogens with two attached hydrogens (primary N) is 1. The molecule has 0 heterocycles. The Kier molecular flexibility index (Phi) is 5.74. The van der Waals surface area contributed by atoms with E-state index < -0.39 is 10.0 Å². The van der Waals surface area contributed by atoms with E-state index in [1.807, 2.05) is 0 Å². The molecule has 8 heteroatoms. The van der Waals surface area contributed by atoms with Crippen LogP contribution in [0.4, 0.5) is 0 Å². The zero-order valence-electron chi connectivity index (χ0n) is 10.5. The fourth-order valence-electron chi connectivity index (χ4n) is 1.22. The minimum Gasteiger partial charge on any atom is -0.484 e. The second kappa shape index (κ2) is 7.07. The standard InChI is InChI=1S/C11H16N2O5S/c1-17-7-6-13-11(14)8-18-9-2-4-10(5-3-9)19(12,15)16/h2-5H,6-8H2,1H3,(H,13,14)(H2,12,15,16). The van der Waals surface area contributed by atoms with Gasteiger partial charge in [-0.3, -0.25) is 4.79 Å². The molecule has 0 aliphatic heterocycles. The van der Waals surface area contributed by atoms with Gasteiger partial charge in [-0.1, -0.05) is 0 Å². The van der Waals surface area contributed by atoms with Gasteiger partial charge in [-0.2, -0.15) is 0 Å². The topological polar surface area (TPSA) is 108 Å². The van der Waals surface area contributed by atoms with Crippen LogP contribution in [0.15, 0.2) is 29.2 Å². The molecule has 0 radical (unpaired) electrons. The minimum atomic E-state index is -3.71. The number of hydrogen-bond donors (Lipinski definition) is 2. The normalized spacial score (nSPS) is 11.1. The molecule has 0 saturated heterocycles. The van der Waals surface area contributed by atoms with E-state index in [2.05, 4.69) is 5.32 Å². The van der Waals surface area contributed by atoms with Gasteiger partial charge in [0.2, 0.25) is 10.0 Å². The Morgan fingerprint density at radius 2 is 1.95 bits per heavy atom. The number of primary sulfonamides is 1. The van der Waals surface area contributed by atoms with Gasteiger partial charge in [-0.05, 0) is 24.3 Å². The Balaban J connectivity index is 2.44. The van der Waals surface area contributed by atoms with E-state index in [4.69, 9.17) is 14.6 Å². The molecule has 7 nitrogen and oxygen atoms in total. The fourth-order valence-corrected chi connectivity index (χ4v) is 1.73. The summed E-state index contributed by atoms with van der Waals surface area (Å²) in [4.78, 5) is 11.3. The van der Waals surface area contributed by atoms with Crippen LogP contribution >= 0.6 is 0 Å². The van der Waals surface area contributed by atoms with Gasteiger partial charge >= 0.3 is 0 Å². The van der Waals surface area contributed by atoms with Crippen LogP contribution in [0.2, 0.25) is 0 Å². The van der Waals surface area contributed by atoms with Gasteiger partial charge in [-0.15, -0.1) is 0 Å². The average Bonchev–Trinajstić information content (AvgIpc) is 2.36. The zero-order valence-corrected chi connectivity index (χ0v) is 11.3. The maximum absolute atomic E-state index is 11.3. The van der Waals surface area contributed by atoms with Crippen molar-refractivity contribution in [2.45, 2.75) is 4.90 Å². The van der Waals surface area contributed by atoms with Crippen molar-refractivity contribution in [1.82, 2.24) is 5.32 Å². The molecule has 0 bridgehead atoms. The maximum atomic E-state index is 11.3. The van der Waals surface area contributed by atoms with Crippen molar-refractivity contribution in [1.29, 1.82) is 0 Å². The van der Waals surface area contributed by atoms with Gasteiger partial charge in [-0.25, -0.2) is 13.6 Å². The Morgan fingerprint density at radius 1 is 1.32 bits per heavy atom. The van der Waals surface area contributed by atoms with Crippen LogP contribution in [0.3, 0.4) is 0 Å². The third kappa shape index (κ3) is 5.69. The summed E-state index contributed by atoms with van der Waals surface area (Å²) in [6, 6.07) is 5.49. The summed E-state index contributed by atoms with van der Waals surface area (Å²) in [6.07, 6.45) is 0. The third-order valence-electron chi connectivity index (χ3n) is 2.15. The summed E-state index contributed by atoms with van der Waals surface area (Å²) in [5.74, 6) is 0.0989. The van der Waals surface area contributed by atoms with E-state index in [0.29, 0.717) is 18.9 Å². The van der Waals surface area contributed by atoms with Gasteiger partial charge in [0.1, 0.15) is 5.75 Å². The molecule has 1 aromatic carbocycles. The van der Waals surface area contributed by atoms with Crippen molar-refractivity contribution >= 4 is 15.9 Å². The largest absolute Gasteiger partial charge is 0.484 e. The Morgan fingerprint density at radius 3 is 2.47 bits per heavy atom. The molecule has 0 aromatic heterocycles. The number of nitrogens with one attached hydrogen (secondary N) is 1. The molecule has 0 aliphatic carbocycles. The smallest absolute Gasteiger partial charge is 0.258 e. The second-order valence-corrected chi connectivity index (χ2v) is 5.21. The molecule has 0 saturated carbocycles. The number of sulfonamides is 1. The summed E-state index contributed by atoms with van der Waals surface area (Å²) in [5.41, 5.74) is 0. The number of benzene rings is 1. The summed E-state index contributed by atoms with van der Waals surface area (Å²) < 4.78 is 32.0. The predicted octanol–water partition coefficient (Wildman–Crippen LogP) is -0.525. The van der Waals surface area contributed by atoms with Gasteiger partial charge in [0.25, 0.3) is 5.91 Å². The van der Waals surface area contributed by atoms with Crippen LogP contribution in [-0.4, -0.2) is 41.2 Å². The van der Waals surface area contributed by atoms with Crippen LogP contribution < -0.4 is 15.2 Å². The van der Waals surface area contributed by atoms with E-state index in [9.17, 15) is 13.2 Å². The molecule has 106 valence electrons. The number of rotatable bonds is 7. The minimum absolute atomic E-state index is 0.00982. The Hall–Kier alpha value is -1.64. The van der Waals surface area contributed by atoms with E-state index in [-0.39, 0.29) is 17.4 Å². The third-order valence-corrected chi connectivity index (χ3v) is 3.08. The number of hydrogen-bond acceptors (Lipinski definition) is 5. The number of amides is 1. The van der Waals surface area contributed by atoms with Crippen LogP contribution in [0.25, 0.3) is 0 Å². The number of methoxy groups -OCH3 is 1. The summed E-state index contributed by atoms with van der Waals surface area (Å²) in [5, 5.41) is 7.54. The highest BCUT2D eigenvalue weighted by Crippen LogP contribution is 2.14. The van der Waals surface area contributed by atoms with Gasteiger partial charge in [0, 0.05) is 13.7 Å². The SMILES string of the molecule is COCCNC(=O)COc1ccc(S(N)(=O)=O)cc1. The quantitative estimate of drug-likeness (QED) is 0.656. The summed E-state index contributed by atoms with van der Waals surface area (Å²) in [7, 11) is -2.18. The second-order valence-electron chi connectivity index (χ2n) is 3.65. The molecule has 0 unspecified atom stereocenters. The zero-order chi connectivity index (χ0) is 14.3. The van der Waals surface area contributed by atoms with E-state index >= 15 is 0 Å². The monoisotopic (exact) mass is 288 g/mol. The molecule has 1 amide bonds. The van der Waals surface area contributed by atoms with E-state index in [0.717, 1.165) is 0 Å². The number of carbonyl (C=O) groups is 1. The van der Waals surface area contributed by atoms with Crippen molar-refractivity contribution in [3.63, 3.8) is 0 Å². The van der Waals surface area contributed by atoms with Gasteiger partial charge in [0.05, 0.1) is 11.5 Å². The molecular weight excluding hydrogens is 272 g/mol. The van der Waals surface area contributed by atoms with Crippen molar-refractivity contribution in [3.05, 3.63) is 24.3 Å². The average molecular weight is 288 g/mol. The highest BCUT2D eigenvalue weighted by molar-refractivity contribution is 7.89.